The maximum atomic E-state index is 13.8. The van der Waals surface area contributed by atoms with Crippen LogP contribution in [0.4, 0.5) is 5.69 Å². The van der Waals surface area contributed by atoms with Gasteiger partial charge in [0.05, 0.1) is 32.4 Å². The summed E-state index contributed by atoms with van der Waals surface area (Å²) in [6.45, 7) is 6.03. The van der Waals surface area contributed by atoms with Gasteiger partial charge < -0.3 is 19.5 Å². The van der Waals surface area contributed by atoms with Crippen LogP contribution in [0.3, 0.4) is 0 Å². The summed E-state index contributed by atoms with van der Waals surface area (Å²) in [7, 11) is -3.74. The second kappa shape index (κ2) is 12.4. The number of nitrogens with zero attached hydrogens (tertiary/aromatic N) is 2. The highest BCUT2D eigenvalue weighted by atomic mass is 32.2. The minimum atomic E-state index is -3.74. The summed E-state index contributed by atoms with van der Waals surface area (Å²) >= 11 is 0. The van der Waals surface area contributed by atoms with Crippen LogP contribution >= 0.6 is 0 Å². The Labute approximate surface area is 216 Å². The summed E-state index contributed by atoms with van der Waals surface area (Å²) in [5, 5.41) is 9.79. The average Bonchev–Trinajstić information content (AvgIpc) is 3.32. The van der Waals surface area contributed by atoms with Crippen LogP contribution in [-0.2, 0) is 21.4 Å². The van der Waals surface area contributed by atoms with Gasteiger partial charge >= 0.3 is 0 Å². The number of aliphatic hydroxyl groups is 1. The molecule has 0 spiro atoms. The quantitative estimate of drug-likeness (QED) is 0.440. The Hall–Kier alpha value is -2.13. The summed E-state index contributed by atoms with van der Waals surface area (Å²) in [6, 6.07) is 15.2. The van der Waals surface area contributed by atoms with Crippen molar-refractivity contribution in [1.82, 2.24) is 4.31 Å². The maximum absolute atomic E-state index is 13.8. The Morgan fingerprint density at radius 1 is 1.17 bits per heavy atom. The fourth-order valence-corrected chi connectivity index (χ4v) is 7.00. The molecule has 36 heavy (non-hydrogen) atoms. The molecule has 2 aromatic rings. The third kappa shape index (κ3) is 6.22. The smallest absolute Gasteiger partial charge is 0.247 e. The molecule has 1 N–H and O–H groups in total. The molecule has 0 bridgehead atoms. The van der Waals surface area contributed by atoms with Crippen LogP contribution in [0, 0.1) is 0 Å². The minimum Gasteiger partial charge on any atom is -0.485 e. The topological polar surface area (TPSA) is 79.3 Å². The van der Waals surface area contributed by atoms with E-state index in [2.05, 4.69) is 11.8 Å². The number of rotatable bonds is 11. The summed E-state index contributed by atoms with van der Waals surface area (Å²) in [5.74, 6) is 0.368. The van der Waals surface area contributed by atoms with Gasteiger partial charge in [0.1, 0.15) is 16.7 Å². The highest BCUT2D eigenvalue weighted by Crippen LogP contribution is 2.37. The fourth-order valence-electron chi connectivity index (χ4n) is 5.21. The Bertz CT molecular complexity index is 1080. The van der Waals surface area contributed by atoms with E-state index in [1.807, 2.05) is 49.4 Å². The molecule has 1 fully saturated rings. The van der Waals surface area contributed by atoms with Crippen LogP contribution in [-0.4, -0.2) is 62.3 Å². The van der Waals surface area contributed by atoms with Crippen LogP contribution in [0.2, 0.25) is 0 Å². The number of hydrogen-bond donors (Lipinski definition) is 1. The monoisotopic (exact) mass is 516 g/mol. The predicted octanol–water partition coefficient (Wildman–Crippen LogP) is 4.59. The lowest BCUT2D eigenvalue weighted by Crippen LogP contribution is -2.44. The Morgan fingerprint density at radius 2 is 1.97 bits per heavy atom. The molecule has 198 valence electrons. The zero-order valence-electron chi connectivity index (χ0n) is 21.5. The van der Waals surface area contributed by atoms with Crippen LogP contribution < -0.4 is 9.64 Å². The summed E-state index contributed by atoms with van der Waals surface area (Å²) in [5.41, 5.74) is 1.95. The normalized spacial score (nSPS) is 22.6. The Morgan fingerprint density at radius 3 is 2.72 bits per heavy atom. The van der Waals surface area contributed by atoms with E-state index in [0.29, 0.717) is 12.4 Å². The predicted molar refractivity (Wildman–Crippen MR) is 142 cm³/mol. The molecule has 0 radical (unpaired) electrons. The van der Waals surface area contributed by atoms with Crippen molar-refractivity contribution in [1.29, 1.82) is 0 Å². The lowest BCUT2D eigenvalue weighted by atomic mass is 10.1. The highest BCUT2D eigenvalue weighted by Gasteiger charge is 2.38. The Balaban J connectivity index is 1.60. The molecule has 4 rings (SSSR count). The van der Waals surface area contributed by atoms with Gasteiger partial charge in [0.25, 0.3) is 0 Å². The minimum absolute atomic E-state index is 0.0468. The maximum Gasteiger partial charge on any atom is 0.247 e. The van der Waals surface area contributed by atoms with Crippen molar-refractivity contribution in [2.45, 2.75) is 82.1 Å². The number of aliphatic hydroxyl groups excluding tert-OH is 1. The van der Waals surface area contributed by atoms with Crippen molar-refractivity contribution in [3.8, 4) is 5.75 Å². The third-order valence-corrected chi connectivity index (χ3v) is 9.26. The summed E-state index contributed by atoms with van der Waals surface area (Å²) in [4.78, 5) is 2.35. The molecule has 2 heterocycles. The number of unbranched alkanes of at least 4 members (excludes halogenated alkanes) is 2. The summed E-state index contributed by atoms with van der Waals surface area (Å²) in [6.07, 6.45) is 5.47. The van der Waals surface area contributed by atoms with E-state index in [-0.39, 0.29) is 36.7 Å². The number of ether oxygens (including phenoxy) is 2. The molecular weight excluding hydrogens is 476 g/mol. The Kier molecular flexibility index (Phi) is 9.28. The molecule has 3 atom stereocenters. The van der Waals surface area contributed by atoms with Crippen LogP contribution in [0.25, 0.3) is 0 Å². The molecule has 0 aliphatic carbocycles. The molecule has 0 saturated carbocycles. The molecule has 1 saturated heterocycles. The molecule has 2 aliphatic heterocycles. The van der Waals surface area contributed by atoms with E-state index in [1.54, 1.807) is 10.4 Å². The first kappa shape index (κ1) is 26.9. The molecular formula is C28H40N2O5S. The highest BCUT2D eigenvalue weighted by molar-refractivity contribution is 7.89. The van der Waals surface area contributed by atoms with E-state index in [1.165, 1.54) is 0 Å². The number of benzene rings is 2. The molecule has 2 aliphatic rings. The lowest BCUT2D eigenvalue weighted by Gasteiger charge is -2.28. The van der Waals surface area contributed by atoms with Gasteiger partial charge in [-0.05, 0) is 43.9 Å². The second-order valence-corrected chi connectivity index (χ2v) is 11.8. The van der Waals surface area contributed by atoms with Gasteiger partial charge in [0.15, 0.2) is 0 Å². The van der Waals surface area contributed by atoms with Gasteiger partial charge in [0, 0.05) is 24.3 Å². The zero-order chi connectivity index (χ0) is 25.5. The molecule has 8 heteroatoms. The molecule has 0 aromatic heterocycles. The van der Waals surface area contributed by atoms with Crippen molar-refractivity contribution in [3.63, 3.8) is 0 Å². The van der Waals surface area contributed by atoms with E-state index in [0.717, 1.165) is 56.3 Å². The number of fused-ring (bicyclic) bond motifs is 1. The van der Waals surface area contributed by atoms with Crippen molar-refractivity contribution >= 4 is 15.7 Å². The lowest BCUT2D eigenvalue weighted by molar-refractivity contribution is 0.0310. The first-order chi connectivity index (χ1) is 17.4. The largest absolute Gasteiger partial charge is 0.485 e. The molecule has 0 unspecified atom stereocenters. The van der Waals surface area contributed by atoms with Crippen LogP contribution in [0.1, 0.15) is 57.9 Å². The third-order valence-electron chi connectivity index (χ3n) is 7.24. The second-order valence-electron chi connectivity index (χ2n) is 9.96. The first-order valence-corrected chi connectivity index (χ1v) is 14.7. The van der Waals surface area contributed by atoms with Gasteiger partial charge in [0.2, 0.25) is 10.0 Å². The average molecular weight is 517 g/mol. The number of anilines is 1. The number of hydrogen-bond acceptors (Lipinski definition) is 6. The molecule has 2 aromatic carbocycles. The molecule has 0 amide bonds. The standard InChI is InChI=1S/C28H40N2O5S/c1-3-4-6-10-22(2)30-18-26(21-34-20-23-11-7-5-8-12-23)35-27-17-24(14-15-28(27)36(30,32)33)29-16-9-13-25(29)19-31/h5,7-8,11-12,14-15,17,22,25-26,31H,3-4,6,9-10,13,16,18-21H2,1-2H3/t22-,25+,26+/m0/s1. The SMILES string of the molecule is CCCCC[C@H](C)N1C[C@H](COCc2ccccc2)Oc2cc(N3CCC[C@@H]3CO)ccc2S1(=O)=O. The van der Waals surface area contributed by atoms with Crippen molar-refractivity contribution in [3.05, 3.63) is 54.1 Å². The van der Waals surface area contributed by atoms with Gasteiger partial charge in [-0.15, -0.1) is 0 Å². The van der Waals surface area contributed by atoms with Crippen LogP contribution in [0.5, 0.6) is 5.75 Å². The zero-order valence-corrected chi connectivity index (χ0v) is 22.3. The van der Waals surface area contributed by atoms with Gasteiger partial charge in [-0.2, -0.15) is 4.31 Å². The molecule has 7 nitrogen and oxygen atoms in total. The van der Waals surface area contributed by atoms with Gasteiger partial charge in [-0.3, -0.25) is 0 Å². The summed E-state index contributed by atoms with van der Waals surface area (Å²) < 4.78 is 41.7. The first-order valence-electron chi connectivity index (χ1n) is 13.3. The van der Waals surface area contributed by atoms with Gasteiger partial charge in [-0.1, -0.05) is 56.5 Å². The van der Waals surface area contributed by atoms with E-state index in [9.17, 15) is 13.5 Å². The number of sulfonamides is 1. The fraction of sp³-hybridized carbons (Fsp3) is 0.571. The van der Waals surface area contributed by atoms with Crippen LogP contribution in [0.15, 0.2) is 53.4 Å². The van der Waals surface area contributed by atoms with E-state index < -0.39 is 16.1 Å². The van der Waals surface area contributed by atoms with Crippen molar-refractivity contribution in [2.24, 2.45) is 0 Å². The van der Waals surface area contributed by atoms with Crippen molar-refractivity contribution < 1.29 is 23.0 Å². The van der Waals surface area contributed by atoms with E-state index >= 15 is 0 Å². The van der Waals surface area contributed by atoms with Crippen molar-refractivity contribution in [2.75, 3.05) is 31.2 Å². The van der Waals surface area contributed by atoms with E-state index in [4.69, 9.17) is 9.47 Å². The van der Waals surface area contributed by atoms with Gasteiger partial charge in [-0.25, -0.2) is 8.42 Å².